The maximum Gasteiger partial charge on any atom is 0.326 e. The summed E-state index contributed by atoms with van der Waals surface area (Å²) in [5, 5.41) is 0. The summed E-state index contributed by atoms with van der Waals surface area (Å²) in [6, 6.07) is 1.33. The SMILES string of the molecule is CCN(CC)S(=O)(=O)c1cc(C(=O)N(C)CC(=O)OC(C)(C)C)n(C)c1. The van der Waals surface area contributed by atoms with Crippen LogP contribution >= 0.6 is 0 Å². The van der Waals surface area contributed by atoms with E-state index in [4.69, 9.17) is 4.74 Å². The molecule has 1 aromatic heterocycles. The van der Waals surface area contributed by atoms with Gasteiger partial charge >= 0.3 is 5.97 Å². The number of rotatable bonds is 7. The molecule has 0 aliphatic heterocycles. The molecule has 9 heteroatoms. The number of hydrogen-bond acceptors (Lipinski definition) is 5. The zero-order valence-corrected chi connectivity index (χ0v) is 17.4. The third-order valence-electron chi connectivity index (χ3n) is 3.68. The normalized spacial score (nSPS) is 12.3. The Bertz CT molecular complexity index is 758. The van der Waals surface area contributed by atoms with Crippen LogP contribution in [0.3, 0.4) is 0 Å². The molecule has 0 saturated heterocycles. The van der Waals surface area contributed by atoms with Crippen molar-refractivity contribution >= 4 is 21.9 Å². The molecule has 0 aromatic carbocycles. The average Bonchev–Trinajstić information content (AvgIpc) is 2.88. The van der Waals surface area contributed by atoms with Crippen LogP contribution in [0.2, 0.25) is 0 Å². The van der Waals surface area contributed by atoms with E-state index in [2.05, 4.69) is 0 Å². The number of amides is 1. The van der Waals surface area contributed by atoms with E-state index < -0.39 is 27.5 Å². The number of carbonyl (C=O) groups is 2. The van der Waals surface area contributed by atoms with Crippen molar-refractivity contribution in [2.45, 2.75) is 45.1 Å². The standard InChI is InChI=1S/C17H29N3O5S/c1-8-20(9-2)26(23,24)13-10-14(18(6)11-13)16(22)19(7)12-15(21)25-17(3,4)5/h10-11H,8-9,12H2,1-7H3. The number of hydrogen-bond donors (Lipinski definition) is 0. The molecule has 0 unspecified atom stereocenters. The Balaban J connectivity index is 3.02. The molecule has 0 aliphatic rings. The van der Waals surface area contributed by atoms with Gasteiger partial charge in [0.2, 0.25) is 10.0 Å². The Hall–Kier alpha value is -1.87. The highest BCUT2D eigenvalue weighted by atomic mass is 32.2. The maximum absolute atomic E-state index is 12.6. The molecule has 0 N–H and O–H groups in total. The molecule has 0 bridgehead atoms. The summed E-state index contributed by atoms with van der Waals surface area (Å²) in [6.45, 7) is 9.21. The average molecular weight is 388 g/mol. The second kappa shape index (κ2) is 8.22. The third-order valence-corrected chi connectivity index (χ3v) is 5.69. The van der Waals surface area contributed by atoms with Crippen molar-refractivity contribution in [1.82, 2.24) is 13.8 Å². The molecule has 1 amide bonds. The van der Waals surface area contributed by atoms with E-state index in [1.165, 1.54) is 33.1 Å². The predicted molar refractivity (Wildman–Crippen MR) is 98.3 cm³/mol. The van der Waals surface area contributed by atoms with Crippen LogP contribution in [-0.4, -0.2) is 66.3 Å². The minimum absolute atomic E-state index is 0.0534. The first-order valence-corrected chi connectivity index (χ1v) is 9.91. The summed E-state index contributed by atoms with van der Waals surface area (Å²) in [6.07, 6.45) is 1.40. The Kier molecular flexibility index (Phi) is 7.01. The number of esters is 1. The molecule has 1 heterocycles. The van der Waals surface area contributed by atoms with Gasteiger partial charge in [-0.25, -0.2) is 8.42 Å². The maximum atomic E-state index is 12.6. The summed E-state index contributed by atoms with van der Waals surface area (Å²) in [5.41, 5.74) is -0.460. The van der Waals surface area contributed by atoms with Crippen LogP contribution in [0.1, 0.15) is 45.1 Å². The number of ether oxygens (including phenoxy) is 1. The summed E-state index contributed by atoms with van der Waals surface area (Å²) in [4.78, 5) is 25.8. The first kappa shape index (κ1) is 22.2. The van der Waals surface area contributed by atoms with Crippen molar-refractivity contribution in [3.8, 4) is 0 Å². The highest BCUT2D eigenvalue weighted by molar-refractivity contribution is 7.89. The number of sulfonamides is 1. The fourth-order valence-corrected chi connectivity index (χ4v) is 3.97. The van der Waals surface area contributed by atoms with Gasteiger partial charge in [0.25, 0.3) is 5.91 Å². The quantitative estimate of drug-likeness (QED) is 0.661. The first-order chi connectivity index (χ1) is 11.8. The Morgan fingerprint density at radius 1 is 1.19 bits per heavy atom. The number of nitrogens with zero attached hydrogens (tertiary/aromatic N) is 3. The van der Waals surface area contributed by atoms with E-state index in [1.807, 2.05) is 0 Å². The monoisotopic (exact) mass is 387 g/mol. The Morgan fingerprint density at radius 2 is 1.73 bits per heavy atom. The van der Waals surface area contributed by atoms with Crippen LogP contribution in [0.25, 0.3) is 0 Å². The van der Waals surface area contributed by atoms with Crippen molar-refractivity contribution in [1.29, 1.82) is 0 Å². The van der Waals surface area contributed by atoms with E-state index >= 15 is 0 Å². The molecule has 0 saturated carbocycles. The van der Waals surface area contributed by atoms with Crippen molar-refractivity contribution in [3.63, 3.8) is 0 Å². The molecule has 0 aliphatic carbocycles. The van der Waals surface area contributed by atoms with Gasteiger partial charge in [-0.3, -0.25) is 9.59 Å². The molecular weight excluding hydrogens is 358 g/mol. The minimum Gasteiger partial charge on any atom is -0.459 e. The van der Waals surface area contributed by atoms with Gasteiger partial charge < -0.3 is 14.2 Å². The fourth-order valence-electron chi connectivity index (χ4n) is 2.44. The molecule has 0 atom stereocenters. The zero-order chi connectivity index (χ0) is 20.3. The lowest BCUT2D eigenvalue weighted by molar-refractivity contribution is -0.155. The summed E-state index contributed by atoms with van der Waals surface area (Å²) >= 11 is 0. The van der Waals surface area contributed by atoms with Gasteiger partial charge in [0, 0.05) is 33.4 Å². The molecule has 1 rings (SSSR count). The van der Waals surface area contributed by atoms with Crippen molar-refractivity contribution in [2.75, 3.05) is 26.7 Å². The van der Waals surface area contributed by atoms with Gasteiger partial charge in [-0.15, -0.1) is 0 Å². The van der Waals surface area contributed by atoms with E-state index in [9.17, 15) is 18.0 Å². The summed E-state index contributed by atoms with van der Waals surface area (Å²) < 4.78 is 33.2. The van der Waals surface area contributed by atoms with E-state index in [1.54, 1.807) is 41.7 Å². The lowest BCUT2D eigenvalue weighted by Crippen LogP contribution is -2.36. The van der Waals surface area contributed by atoms with E-state index in [-0.39, 0.29) is 17.1 Å². The van der Waals surface area contributed by atoms with Gasteiger partial charge in [0.15, 0.2) is 0 Å². The minimum atomic E-state index is -3.66. The van der Waals surface area contributed by atoms with Crippen LogP contribution < -0.4 is 0 Å². The second-order valence-corrected chi connectivity index (χ2v) is 8.95. The van der Waals surface area contributed by atoms with Crippen molar-refractivity contribution < 1.29 is 22.7 Å². The molecule has 1 aromatic rings. The highest BCUT2D eigenvalue weighted by Gasteiger charge is 2.27. The van der Waals surface area contributed by atoms with Crippen LogP contribution in [0.15, 0.2) is 17.2 Å². The zero-order valence-electron chi connectivity index (χ0n) is 16.6. The van der Waals surface area contributed by atoms with Crippen LogP contribution in [0, 0.1) is 0 Å². The lowest BCUT2D eigenvalue weighted by atomic mass is 10.2. The molecule has 8 nitrogen and oxygen atoms in total. The summed E-state index contributed by atoms with van der Waals surface area (Å²) in [7, 11) is -0.596. The molecule has 0 radical (unpaired) electrons. The Morgan fingerprint density at radius 3 is 2.19 bits per heavy atom. The van der Waals surface area contributed by atoms with Gasteiger partial charge in [-0.2, -0.15) is 4.31 Å². The van der Waals surface area contributed by atoms with Crippen LogP contribution in [0.5, 0.6) is 0 Å². The number of aryl methyl sites for hydroxylation is 1. The topological polar surface area (TPSA) is 88.9 Å². The number of likely N-dealkylation sites (N-methyl/N-ethyl adjacent to an activating group) is 1. The van der Waals surface area contributed by atoms with E-state index in [0.29, 0.717) is 13.1 Å². The van der Waals surface area contributed by atoms with E-state index in [0.717, 1.165) is 0 Å². The largest absolute Gasteiger partial charge is 0.459 e. The lowest BCUT2D eigenvalue weighted by Gasteiger charge is -2.22. The predicted octanol–water partition coefficient (Wildman–Crippen LogP) is 1.47. The summed E-state index contributed by atoms with van der Waals surface area (Å²) in [5.74, 6) is -0.988. The van der Waals surface area contributed by atoms with Gasteiger partial charge in [-0.1, -0.05) is 13.8 Å². The van der Waals surface area contributed by atoms with Crippen molar-refractivity contribution in [2.24, 2.45) is 7.05 Å². The Labute approximate surface area is 155 Å². The first-order valence-electron chi connectivity index (χ1n) is 8.47. The molecule has 0 spiro atoms. The van der Waals surface area contributed by atoms with Gasteiger partial charge in [-0.05, 0) is 26.8 Å². The highest BCUT2D eigenvalue weighted by Crippen LogP contribution is 2.19. The van der Waals surface area contributed by atoms with Gasteiger partial charge in [0.1, 0.15) is 22.7 Å². The third kappa shape index (κ3) is 5.31. The number of carbonyl (C=O) groups excluding carboxylic acids is 2. The smallest absolute Gasteiger partial charge is 0.326 e. The van der Waals surface area contributed by atoms with Gasteiger partial charge in [0.05, 0.1) is 0 Å². The fraction of sp³-hybridized carbons (Fsp3) is 0.647. The van der Waals surface area contributed by atoms with Crippen LogP contribution in [0.4, 0.5) is 0 Å². The molecule has 26 heavy (non-hydrogen) atoms. The van der Waals surface area contributed by atoms with Crippen LogP contribution in [-0.2, 0) is 26.6 Å². The van der Waals surface area contributed by atoms with Crippen molar-refractivity contribution in [3.05, 3.63) is 18.0 Å². The second-order valence-electron chi connectivity index (χ2n) is 7.01. The molecule has 148 valence electrons. The molecular formula is C17H29N3O5S. The number of aromatic nitrogens is 1. The molecule has 0 fully saturated rings.